The van der Waals surface area contributed by atoms with Crippen molar-refractivity contribution in [3.63, 3.8) is 0 Å². The molecule has 0 fully saturated rings. The second kappa shape index (κ2) is 7.82. The highest BCUT2D eigenvalue weighted by atomic mass is 79.9. The SMILES string of the molecule is CCc1oc(C(=O)NCCOc2ccc(Br)cc2)cc1C(=O)O. The zero-order chi connectivity index (χ0) is 16.8. The van der Waals surface area contributed by atoms with Gasteiger partial charge in [-0.2, -0.15) is 0 Å². The zero-order valence-electron chi connectivity index (χ0n) is 12.5. The van der Waals surface area contributed by atoms with E-state index in [1.165, 1.54) is 6.07 Å². The van der Waals surface area contributed by atoms with Gasteiger partial charge in [0, 0.05) is 17.0 Å². The molecule has 1 aromatic carbocycles. The fourth-order valence-corrected chi connectivity index (χ4v) is 2.20. The first-order valence-corrected chi connectivity index (χ1v) is 7.83. The monoisotopic (exact) mass is 381 g/mol. The topological polar surface area (TPSA) is 88.8 Å². The Bertz CT molecular complexity index is 693. The molecule has 0 saturated heterocycles. The van der Waals surface area contributed by atoms with Crippen molar-refractivity contribution in [1.29, 1.82) is 0 Å². The Morgan fingerprint density at radius 2 is 2.00 bits per heavy atom. The van der Waals surface area contributed by atoms with E-state index in [4.69, 9.17) is 14.3 Å². The third-order valence-corrected chi connectivity index (χ3v) is 3.58. The van der Waals surface area contributed by atoms with Crippen molar-refractivity contribution in [3.05, 3.63) is 51.9 Å². The second-order valence-corrected chi connectivity index (χ2v) is 5.58. The van der Waals surface area contributed by atoms with Crippen LogP contribution in [0.3, 0.4) is 0 Å². The van der Waals surface area contributed by atoms with E-state index in [2.05, 4.69) is 21.2 Å². The molecule has 0 radical (unpaired) electrons. The van der Waals surface area contributed by atoms with Crippen LogP contribution in [0.1, 0.15) is 33.6 Å². The Balaban J connectivity index is 1.85. The van der Waals surface area contributed by atoms with Gasteiger partial charge in [0.1, 0.15) is 23.7 Å². The first kappa shape index (κ1) is 17.1. The molecule has 2 N–H and O–H groups in total. The lowest BCUT2D eigenvalue weighted by Gasteiger charge is -2.06. The van der Waals surface area contributed by atoms with Gasteiger partial charge in [0.05, 0.1) is 6.54 Å². The van der Waals surface area contributed by atoms with Crippen LogP contribution in [0.25, 0.3) is 0 Å². The standard InChI is InChI=1S/C16H16BrNO5/c1-2-13-12(16(20)21)9-14(23-13)15(19)18-7-8-22-11-5-3-10(17)4-6-11/h3-6,9H,2,7-8H2,1H3,(H,18,19)(H,20,21). The van der Waals surface area contributed by atoms with E-state index in [1.807, 2.05) is 24.3 Å². The summed E-state index contributed by atoms with van der Waals surface area (Å²) in [6.07, 6.45) is 0.404. The summed E-state index contributed by atoms with van der Waals surface area (Å²) < 4.78 is 11.7. The number of carbonyl (C=O) groups excluding carboxylic acids is 1. The molecule has 1 heterocycles. The van der Waals surface area contributed by atoms with Gasteiger partial charge in [-0.05, 0) is 24.3 Å². The minimum atomic E-state index is -1.11. The van der Waals surface area contributed by atoms with Gasteiger partial charge in [0.2, 0.25) is 0 Å². The minimum Gasteiger partial charge on any atom is -0.492 e. The molecule has 0 aliphatic rings. The number of halogens is 1. The molecular formula is C16H16BrNO5. The summed E-state index contributed by atoms with van der Waals surface area (Å²) in [7, 11) is 0. The quantitative estimate of drug-likeness (QED) is 0.719. The van der Waals surface area contributed by atoms with Crippen LogP contribution in [-0.4, -0.2) is 30.1 Å². The molecule has 1 aromatic heterocycles. The highest BCUT2D eigenvalue weighted by molar-refractivity contribution is 9.10. The summed E-state index contributed by atoms with van der Waals surface area (Å²) in [6.45, 7) is 2.33. The summed E-state index contributed by atoms with van der Waals surface area (Å²) in [4.78, 5) is 23.0. The molecule has 2 rings (SSSR count). The van der Waals surface area contributed by atoms with E-state index in [1.54, 1.807) is 6.92 Å². The van der Waals surface area contributed by atoms with Crippen molar-refractivity contribution in [2.24, 2.45) is 0 Å². The van der Waals surface area contributed by atoms with Crippen molar-refractivity contribution in [2.75, 3.05) is 13.2 Å². The molecule has 122 valence electrons. The van der Waals surface area contributed by atoms with Gasteiger partial charge >= 0.3 is 5.97 Å². The molecule has 7 heteroatoms. The number of aryl methyl sites for hydroxylation is 1. The van der Waals surface area contributed by atoms with E-state index < -0.39 is 11.9 Å². The van der Waals surface area contributed by atoms with E-state index >= 15 is 0 Å². The van der Waals surface area contributed by atoms with Crippen LogP contribution in [0, 0.1) is 0 Å². The van der Waals surface area contributed by atoms with Gasteiger partial charge < -0.3 is 19.6 Å². The smallest absolute Gasteiger partial charge is 0.339 e. The molecule has 0 aliphatic carbocycles. The van der Waals surface area contributed by atoms with Crippen molar-refractivity contribution in [1.82, 2.24) is 5.32 Å². The number of rotatable bonds is 7. The average Bonchev–Trinajstić information content (AvgIpc) is 2.97. The number of nitrogens with one attached hydrogen (secondary N) is 1. The minimum absolute atomic E-state index is 0.0112. The molecule has 0 saturated carbocycles. The fourth-order valence-electron chi connectivity index (χ4n) is 1.94. The van der Waals surface area contributed by atoms with Crippen molar-refractivity contribution in [3.8, 4) is 5.75 Å². The van der Waals surface area contributed by atoms with E-state index in [-0.39, 0.29) is 23.6 Å². The Morgan fingerprint density at radius 3 is 2.57 bits per heavy atom. The lowest BCUT2D eigenvalue weighted by Crippen LogP contribution is -2.27. The predicted octanol–water partition coefficient (Wildman–Crippen LogP) is 3.11. The molecule has 1 amide bonds. The molecule has 2 aromatic rings. The van der Waals surface area contributed by atoms with Crippen molar-refractivity contribution in [2.45, 2.75) is 13.3 Å². The molecule has 0 atom stereocenters. The predicted molar refractivity (Wildman–Crippen MR) is 87.0 cm³/mol. The lowest BCUT2D eigenvalue weighted by atomic mass is 10.2. The first-order valence-electron chi connectivity index (χ1n) is 7.03. The normalized spacial score (nSPS) is 10.3. The number of benzene rings is 1. The number of hydrogen-bond donors (Lipinski definition) is 2. The number of hydrogen-bond acceptors (Lipinski definition) is 4. The molecular weight excluding hydrogens is 366 g/mol. The van der Waals surface area contributed by atoms with Gasteiger partial charge in [0.15, 0.2) is 5.76 Å². The number of carboxylic acid groups (broad SMARTS) is 1. The molecule has 0 spiro atoms. The van der Waals surface area contributed by atoms with E-state index in [0.717, 1.165) is 4.47 Å². The Hall–Kier alpha value is -2.28. The highest BCUT2D eigenvalue weighted by Gasteiger charge is 2.19. The Morgan fingerprint density at radius 1 is 1.30 bits per heavy atom. The van der Waals surface area contributed by atoms with Gasteiger partial charge in [-0.1, -0.05) is 22.9 Å². The molecule has 23 heavy (non-hydrogen) atoms. The van der Waals surface area contributed by atoms with Crippen molar-refractivity contribution < 1.29 is 23.8 Å². The highest BCUT2D eigenvalue weighted by Crippen LogP contribution is 2.17. The van der Waals surface area contributed by atoms with Gasteiger partial charge in [-0.25, -0.2) is 4.79 Å². The third-order valence-electron chi connectivity index (χ3n) is 3.05. The van der Waals surface area contributed by atoms with E-state index in [0.29, 0.717) is 18.8 Å². The third kappa shape index (κ3) is 4.59. The number of furan rings is 1. The summed E-state index contributed by atoms with van der Waals surface area (Å²) in [5.41, 5.74) is 0.0174. The number of ether oxygens (including phenoxy) is 1. The zero-order valence-corrected chi connectivity index (χ0v) is 14.1. The molecule has 6 nitrogen and oxygen atoms in total. The second-order valence-electron chi connectivity index (χ2n) is 4.66. The summed E-state index contributed by atoms with van der Waals surface area (Å²) in [5.74, 6) is -0.603. The number of aromatic carboxylic acids is 1. The van der Waals surface area contributed by atoms with Crippen LogP contribution in [-0.2, 0) is 6.42 Å². The number of carboxylic acids is 1. The van der Waals surface area contributed by atoms with Crippen LogP contribution in [0.4, 0.5) is 0 Å². The van der Waals surface area contributed by atoms with Gasteiger partial charge in [-0.3, -0.25) is 4.79 Å². The fraction of sp³-hybridized carbons (Fsp3) is 0.250. The average molecular weight is 382 g/mol. The van der Waals surface area contributed by atoms with Crippen LogP contribution in [0.5, 0.6) is 5.75 Å². The van der Waals surface area contributed by atoms with Crippen LogP contribution >= 0.6 is 15.9 Å². The maximum atomic E-state index is 11.9. The first-order chi connectivity index (χ1) is 11.0. The Kier molecular flexibility index (Phi) is 5.81. The maximum Gasteiger partial charge on any atom is 0.339 e. The number of amides is 1. The maximum absolute atomic E-state index is 11.9. The molecule has 0 bridgehead atoms. The summed E-state index contributed by atoms with van der Waals surface area (Å²) in [6, 6.07) is 8.58. The largest absolute Gasteiger partial charge is 0.492 e. The van der Waals surface area contributed by atoms with E-state index in [9.17, 15) is 9.59 Å². The van der Waals surface area contributed by atoms with Gasteiger partial charge in [0.25, 0.3) is 5.91 Å². The Labute approximate surface area is 141 Å². The van der Waals surface area contributed by atoms with Crippen LogP contribution in [0.2, 0.25) is 0 Å². The molecule has 0 aliphatic heterocycles. The van der Waals surface area contributed by atoms with Crippen LogP contribution < -0.4 is 10.1 Å². The van der Waals surface area contributed by atoms with Gasteiger partial charge in [-0.15, -0.1) is 0 Å². The van der Waals surface area contributed by atoms with Crippen molar-refractivity contribution >= 4 is 27.8 Å². The molecule has 0 unspecified atom stereocenters. The lowest BCUT2D eigenvalue weighted by molar-refractivity contribution is 0.0694. The number of carbonyl (C=O) groups is 2. The van der Waals surface area contributed by atoms with Crippen LogP contribution in [0.15, 0.2) is 39.2 Å². The summed E-state index contributed by atoms with van der Waals surface area (Å²) in [5, 5.41) is 11.7. The summed E-state index contributed by atoms with van der Waals surface area (Å²) >= 11 is 3.33.